The van der Waals surface area contributed by atoms with E-state index in [0.29, 0.717) is 12.8 Å². The molecule has 0 amide bonds. The van der Waals surface area contributed by atoms with Crippen LogP contribution in [-0.2, 0) is 9.84 Å². The standard InChI is InChI=1S/C10H15N5O4S/c11-14-9-4-3-8(15(16)17)10(13-9)12-7-2-1-5-20(18,19)6-7/h3-4,7H,1-2,5-6,11H2,(H2,12,13,14). The van der Waals surface area contributed by atoms with Crippen LogP contribution in [0.2, 0.25) is 0 Å². The molecule has 9 nitrogen and oxygen atoms in total. The summed E-state index contributed by atoms with van der Waals surface area (Å²) in [6, 6.07) is 2.26. The van der Waals surface area contributed by atoms with Gasteiger partial charge in [0.25, 0.3) is 0 Å². The van der Waals surface area contributed by atoms with E-state index in [4.69, 9.17) is 5.84 Å². The van der Waals surface area contributed by atoms with E-state index in [1.165, 1.54) is 12.1 Å². The van der Waals surface area contributed by atoms with Gasteiger partial charge in [0.2, 0.25) is 5.82 Å². The summed E-state index contributed by atoms with van der Waals surface area (Å²) in [4.78, 5) is 14.3. The molecule has 20 heavy (non-hydrogen) atoms. The van der Waals surface area contributed by atoms with E-state index in [0.717, 1.165) is 0 Å². The quantitative estimate of drug-likeness (QED) is 0.409. The Morgan fingerprint density at radius 3 is 2.80 bits per heavy atom. The van der Waals surface area contributed by atoms with Gasteiger partial charge >= 0.3 is 5.69 Å². The van der Waals surface area contributed by atoms with Crippen LogP contribution in [0.5, 0.6) is 0 Å². The zero-order chi connectivity index (χ0) is 14.8. The van der Waals surface area contributed by atoms with Crippen molar-refractivity contribution in [3.63, 3.8) is 0 Å². The maximum atomic E-state index is 11.6. The Morgan fingerprint density at radius 1 is 1.45 bits per heavy atom. The first kappa shape index (κ1) is 14.5. The predicted molar refractivity (Wildman–Crippen MR) is 74.0 cm³/mol. The first-order valence-electron chi connectivity index (χ1n) is 6.00. The van der Waals surface area contributed by atoms with E-state index in [2.05, 4.69) is 15.7 Å². The third kappa shape index (κ3) is 3.33. The summed E-state index contributed by atoms with van der Waals surface area (Å²) < 4.78 is 23.1. The highest BCUT2D eigenvalue weighted by molar-refractivity contribution is 7.91. The van der Waals surface area contributed by atoms with Gasteiger partial charge in [-0.1, -0.05) is 0 Å². The summed E-state index contributed by atoms with van der Waals surface area (Å²) >= 11 is 0. The highest BCUT2D eigenvalue weighted by Gasteiger charge is 2.27. The van der Waals surface area contributed by atoms with Crippen LogP contribution in [0.4, 0.5) is 17.3 Å². The van der Waals surface area contributed by atoms with Crippen LogP contribution in [-0.4, -0.2) is 35.9 Å². The minimum absolute atomic E-state index is 0.0209. The molecule has 1 unspecified atom stereocenters. The third-order valence-corrected chi connectivity index (χ3v) is 4.84. The molecule has 1 atom stereocenters. The summed E-state index contributed by atoms with van der Waals surface area (Å²) in [5.41, 5.74) is 2.08. The van der Waals surface area contributed by atoms with Gasteiger partial charge in [-0.25, -0.2) is 19.2 Å². The normalized spacial score (nSPS) is 21.1. The Bertz CT molecular complexity index is 618. The zero-order valence-electron chi connectivity index (χ0n) is 10.6. The van der Waals surface area contributed by atoms with Gasteiger partial charge in [-0.15, -0.1) is 0 Å². The second kappa shape index (κ2) is 5.59. The molecule has 1 aromatic heterocycles. The van der Waals surface area contributed by atoms with Gasteiger partial charge in [-0.05, 0) is 18.9 Å². The second-order valence-corrected chi connectivity index (χ2v) is 6.79. The van der Waals surface area contributed by atoms with Gasteiger partial charge in [-0.2, -0.15) is 0 Å². The van der Waals surface area contributed by atoms with E-state index < -0.39 is 14.8 Å². The van der Waals surface area contributed by atoms with Crippen molar-refractivity contribution in [2.45, 2.75) is 18.9 Å². The van der Waals surface area contributed by atoms with Gasteiger partial charge in [0.15, 0.2) is 9.84 Å². The lowest BCUT2D eigenvalue weighted by atomic mass is 10.2. The van der Waals surface area contributed by atoms with E-state index in [-0.39, 0.29) is 34.9 Å². The molecule has 1 aliphatic rings. The Labute approximate surface area is 115 Å². The number of nitrogens with two attached hydrogens (primary N) is 1. The molecule has 2 rings (SSSR count). The highest BCUT2D eigenvalue weighted by Crippen LogP contribution is 2.26. The molecule has 2 heterocycles. The van der Waals surface area contributed by atoms with Crippen molar-refractivity contribution >= 4 is 27.2 Å². The van der Waals surface area contributed by atoms with Crippen molar-refractivity contribution in [2.24, 2.45) is 5.84 Å². The summed E-state index contributed by atoms with van der Waals surface area (Å²) in [5.74, 6) is 5.61. The molecule has 1 aromatic rings. The molecular formula is C10H15N5O4S. The summed E-state index contributed by atoms with van der Waals surface area (Å²) in [6.45, 7) is 0. The SMILES string of the molecule is NNc1ccc([N+](=O)[O-])c(NC2CCCS(=O)(=O)C2)n1. The number of aromatic nitrogens is 1. The van der Waals surface area contributed by atoms with Gasteiger partial charge in [-0.3, -0.25) is 10.1 Å². The number of hydrazine groups is 1. The van der Waals surface area contributed by atoms with Crippen LogP contribution < -0.4 is 16.6 Å². The number of rotatable bonds is 4. The molecule has 1 saturated heterocycles. The number of hydrogen-bond donors (Lipinski definition) is 3. The third-order valence-electron chi connectivity index (χ3n) is 3.02. The molecule has 1 aliphatic heterocycles. The first-order valence-corrected chi connectivity index (χ1v) is 7.82. The van der Waals surface area contributed by atoms with Crippen LogP contribution in [0.15, 0.2) is 12.1 Å². The number of nitrogens with one attached hydrogen (secondary N) is 2. The molecular weight excluding hydrogens is 286 g/mol. The molecule has 0 aliphatic carbocycles. The van der Waals surface area contributed by atoms with E-state index in [1.807, 2.05) is 0 Å². The predicted octanol–water partition coefficient (Wildman–Crippen LogP) is 0.264. The summed E-state index contributed by atoms with van der Waals surface area (Å²) in [7, 11) is -3.10. The molecule has 110 valence electrons. The maximum Gasteiger partial charge on any atom is 0.311 e. The van der Waals surface area contributed by atoms with E-state index >= 15 is 0 Å². The largest absolute Gasteiger partial charge is 0.361 e. The fraction of sp³-hybridized carbons (Fsp3) is 0.500. The topological polar surface area (TPSA) is 140 Å². The lowest BCUT2D eigenvalue weighted by Crippen LogP contribution is -2.35. The molecule has 0 aromatic carbocycles. The van der Waals surface area contributed by atoms with Crippen LogP contribution in [0.3, 0.4) is 0 Å². The molecule has 0 saturated carbocycles. The number of nitro groups is 1. The van der Waals surface area contributed by atoms with Crippen molar-refractivity contribution in [3.05, 3.63) is 22.2 Å². The Balaban J connectivity index is 2.25. The molecule has 4 N–H and O–H groups in total. The first-order chi connectivity index (χ1) is 9.41. The molecule has 10 heteroatoms. The van der Waals surface area contributed by atoms with E-state index in [9.17, 15) is 18.5 Å². The smallest absolute Gasteiger partial charge is 0.311 e. The van der Waals surface area contributed by atoms with Crippen molar-refractivity contribution in [2.75, 3.05) is 22.2 Å². The number of nitrogen functional groups attached to an aromatic ring is 1. The van der Waals surface area contributed by atoms with Crippen molar-refractivity contribution in [1.82, 2.24) is 4.98 Å². The lowest BCUT2D eigenvalue weighted by molar-refractivity contribution is -0.384. The number of hydrogen-bond acceptors (Lipinski definition) is 8. The van der Waals surface area contributed by atoms with Gasteiger partial charge in [0.1, 0.15) is 5.82 Å². The minimum Gasteiger partial charge on any atom is -0.361 e. The molecule has 0 bridgehead atoms. The highest BCUT2D eigenvalue weighted by atomic mass is 32.2. The summed E-state index contributed by atoms with van der Waals surface area (Å²) in [6.07, 6.45) is 1.15. The van der Waals surface area contributed by atoms with Crippen LogP contribution in [0.1, 0.15) is 12.8 Å². The number of nitrogens with zero attached hydrogens (tertiary/aromatic N) is 2. The monoisotopic (exact) mass is 301 g/mol. The summed E-state index contributed by atoms with van der Waals surface area (Å²) in [5, 5.41) is 13.8. The van der Waals surface area contributed by atoms with Gasteiger partial charge in [0.05, 0.1) is 16.4 Å². The number of pyridine rings is 1. The van der Waals surface area contributed by atoms with Crippen molar-refractivity contribution < 1.29 is 13.3 Å². The zero-order valence-corrected chi connectivity index (χ0v) is 11.4. The molecule has 0 spiro atoms. The molecule has 1 fully saturated rings. The van der Waals surface area contributed by atoms with Crippen LogP contribution in [0, 0.1) is 10.1 Å². The van der Waals surface area contributed by atoms with Gasteiger partial charge in [0, 0.05) is 12.1 Å². The van der Waals surface area contributed by atoms with Crippen LogP contribution >= 0.6 is 0 Å². The minimum atomic E-state index is -3.10. The van der Waals surface area contributed by atoms with E-state index in [1.54, 1.807) is 0 Å². The Kier molecular flexibility index (Phi) is 4.04. The van der Waals surface area contributed by atoms with Gasteiger partial charge < -0.3 is 10.7 Å². The Hall–Kier alpha value is -1.94. The Morgan fingerprint density at radius 2 is 2.20 bits per heavy atom. The molecule has 0 radical (unpaired) electrons. The second-order valence-electron chi connectivity index (χ2n) is 4.56. The van der Waals surface area contributed by atoms with Crippen molar-refractivity contribution in [1.29, 1.82) is 0 Å². The fourth-order valence-corrected chi connectivity index (χ4v) is 3.75. The average Bonchev–Trinajstić information content (AvgIpc) is 2.37. The van der Waals surface area contributed by atoms with Crippen LogP contribution in [0.25, 0.3) is 0 Å². The number of sulfone groups is 1. The van der Waals surface area contributed by atoms with Crippen molar-refractivity contribution in [3.8, 4) is 0 Å². The fourth-order valence-electron chi connectivity index (χ4n) is 2.12. The average molecular weight is 301 g/mol. The maximum absolute atomic E-state index is 11.6. The lowest BCUT2D eigenvalue weighted by Gasteiger charge is -2.23. The number of anilines is 2.